The quantitative estimate of drug-likeness (QED) is 0.773. The molecule has 0 bridgehead atoms. The van der Waals surface area contributed by atoms with Crippen molar-refractivity contribution < 1.29 is 13.2 Å². The molecule has 106 valence electrons. The normalized spacial score (nSPS) is 11.1. The number of nitrogens with zero attached hydrogens (tertiary/aromatic N) is 2. The predicted octanol–water partition coefficient (Wildman–Crippen LogP) is 0.872. The highest BCUT2D eigenvalue weighted by molar-refractivity contribution is 7.92. The van der Waals surface area contributed by atoms with E-state index in [9.17, 15) is 13.2 Å². The molecule has 0 aliphatic carbocycles. The second-order valence-corrected chi connectivity index (χ2v) is 5.79. The molecular weight excluding hydrogens is 282 g/mol. The summed E-state index contributed by atoms with van der Waals surface area (Å²) in [6.45, 7) is 3.16. The van der Waals surface area contributed by atoms with E-state index < -0.39 is 10.0 Å². The molecule has 0 spiro atoms. The fourth-order valence-corrected chi connectivity index (χ4v) is 2.37. The lowest BCUT2D eigenvalue weighted by Crippen LogP contribution is -2.14. The lowest BCUT2D eigenvalue weighted by atomic mass is 10.2. The van der Waals surface area contributed by atoms with Crippen LogP contribution in [-0.2, 0) is 14.8 Å². The van der Waals surface area contributed by atoms with Crippen molar-refractivity contribution in [2.45, 2.75) is 18.7 Å². The first-order valence-electron chi connectivity index (χ1n) is 5.66. The number of rotatable bonds is 4. The van der Waals surface area contributed by atoms with Crippen molar-refractivity contribution in [2.75, 3.05) is 10.0 Å². The molecule has 0 saturated heterocycles. The van der Waals surface area contributed by atoms with E-state index in [0.29, 0.717) is 0 Å². The number of aryl methyl sites for hydroxylation is 1. The highest BCUT2D eigenvalue weighted by atomic mass is 32.2. The number of carbonyl (C=O) groups excluding carboxylic acids is 1. The molecule has 0 unspecified atom stereocenters. The molecule has 9 heteroatoms. The van der Waals surface area contributed by atoms with E-state index in [0.717, 1.165) is 5.56 Å². The molecule has 2 rings (SSSR count). The molecule has 1 aromatic heterocycles. The maximum absolute atomic E-state index is 12.1. The van der Waals surface area contributed by atoms with Gasteiger partial charge in [-0.3, -0.25) is 10.1 Å². The molecule has 8 nitrogen and oxygen atoms in total. The number of hydrogen-bond acceptors (Lipinski definition) is 5. The highest BCUT2D eigenvalue weighted by Crippen LogP contribution is 2.14. The monoisotopic (exact) mass is 295 g/mol. The van der Waals surface area contributed by atoms with Gasteiger partial charge in [-0.1, -0.05) is 17.7 Å². The van der Waals surface area contributed by atoms with Gasteiger partial charge in [0.15, 0.2) is 0 Å². The van der Waals surface area contributed by atoms with Crippen LogP contribution in [0.15, 0.2) is 29.2 Å². The average molecular weight is 295 g/mol. The molecule has 1 amide bonds. The minimum atomic E-state index is -3.75. The van der Waals surface area contributed by atoms with E-state index in [2.05, 4.69) is 25.2 Å². The Balaban J connectivity index is 2.18. The van der Waals surface area contributed by atoms with Gasteiger partial charge in [-0.15, -0.1) is 5.10 Å². The van der Waals surface area contributed by atoms with Crippen LogP contribution in [0, 0.1) is 6.92 Å². The van der Waals surface area contributed by atoms with Crippen LogP contribution < -0.4 is 10.0 Å². The Kier molecular flexibility index (Phi) is 3.70. The van der Waals surface area contributed by atoms with Crippen LogP contribution in [0.4, 0.5) is 11.9 Å². The Morgan fingerprint density at radius 1 is 1.25 bits per heavy atom. The first kappa shape index (κ1) is 14.0. The highest BCUT2D eigenvalue weighted by Gasteiger charge is 2.16. The van der Waals surface area contributed by atoms with Gasteiger partial charge in [-0.25, -0.2) is 18.2 Å². The van der Waals surface area contributed by atoms with Crippen molar-refractivity contribution in [3.63, 3.8) is 0 Å². The molecule has 0 fully saturated rings. The largest absolute Gasteiger partial charge is 0.295 e. The first-order chi connectivity index (χ1) is 9.37. The van der Waals surface area contributed by atoms with Crippen molar-refractivity contribution in [1.29, 1.82) is 0 Å². The molecular formula is C11H13N5O3S. The van der Waals surface area contributed by atoms with Gasteiger partial charge in [0, 0.05) is 6.92 Å². The summed E-state index contributed by atoms with van der Waals surface area (Å²) in [5.74, 6) is -0.414. The van der Waals surface area contributed by atoms with Crippen LogP contribution in [0.2, 0.25) is 0 Å². The summed E-state index contributed by atoms with van der Waals surface area (Å²) in [4.78, 5) is 14.7. The Bertz CT molecular complexity index is 721. The minimum Gasteiger partial charge on any atom is -0.295 e. The fourth-order valence-electron chi connectivity index (χ4n) is 1.43. The Morgan fingerprint density at radius 2 is 1.90 bits per heavy atom. The minimum absolute atomic E-state index is 0.0686. The molecule has 1 aromatic carbocycles. The summed E-state index contributed by atoms with van der Waals surface area (Å²) in [7, 11) is -3.75. The van der Waals surface area contributed by atoms with Gasteiger partial charge in [-0.05, 0) is 19.1 Å². The summed E-state index contributed by atoms with van der Waals surface area (Å²) in [5, 5.41) is 8.41. The van der Waals surface area contributed by atoms with E-state index in [-0.39, 0.29) is 22.7 Å². The fraction of sp³-hybridized carbons (Fsp3) is 0.182. The van der Waals surface area contributed by atoms with Crippen molar-refractivity contribution in [3.05, 3.63) is 29.8 Å². The average Bonchev–Trinajstić information content (AvgIpc) is 2.75. The molecule has 0 aliphatic heterocycles. The van der Waals surface area contributed by atoms with Gasteiger partial charge >= 0.3 is 0 Å². The molecule has 20 heavy (non-hydrogen) atoms. The summed E-state index contributed by atoms with van der Waals surface area (Å²) in [6, 6.07) is 6.35. The number of carbonyl (C=O) groups is 1. The van der Waals surface area contributed by atoms with Gasteiger partial charge in [0.05, 0.1) is 4.90 Å². The molecule has 0 aliphatic rings. The predicted molar refractivity (Wildman–Crippen MR) is 72.7 cm³/mol. The summed E-state index contributed by atoms with van der Waals surface area (Å²) in [5.41, 5.74) is 0.954. The van der Waals surface area contributed by atoms with Gasteiger partial charge in [0.1, 0.15) is 0 Å². The van der Waals surface area contributed by atoms with Gasteiger partial charge in [0.2, 0.25) is 11.9 Å². The van der Waals surface area contributed by atoms with E-state index in [4.69, 9.17) is 0 Å². The van der Waals surface area contributed by atoms with Crippen molar-refractivity contribution in [2.24, 2.45) is 0 Å². The molecule has 0 saturated carbocycles. The van der Waals surface area contributed by atoms with Gasteiger partial charge in [-0.2, -0.15) is 4.98 Å². The van der Waals surface area contributed by atoms with Gasteiger partial charge in [0.25, 0.3) is 16.0 Å². The van der Waals surface area contributed by atoms with Crippen molar-refractivity contribution in [1.82, 2.24) is 15.2 Å². The van der Waals surface area contributed by atoms with Crippen LogP contribution in [0.25, 0.3) is 0 Å². The third kappa shape index (κ3) is 3.32. The maximum Gasteiger partial charge on any atom is 0.264 e. The SMILES string of the molecule is CC(=O)Nc1nc(NS(=O)(=O)c2ccc(C)cc2)n[nH]1. The van der Waals surface area contributed by atoms with Gasteiger partial charge < -0.3 is 0 Å². The van der Waals surface area contributed by atoms with E-state index in [1.807, 2.05) is 6.92 Å². The summed E-state index contributed by atoms with van der Waals surface area (Å²) >= 11 is 0. The number of anilines is 2. The Labute approximate surface area is 115 Å². The second kappa shape index (κ2) is 5.29. The third-order valence-electron chi connectivity index (χ3n) is 2.34. The topological polar surface area (TPSA) is 117 Å². The molecule has 2 aromatic rings. The molecule has 1 heterocycles. The third-order valence-corrected chi connectivity index (χ3v) is 3.68. The van der Waals surface area contributed by atoms with Crippen LogP contribution in [0.1, 0.15) is 12.5 Å². The van der Waals surface area contributed by atoms with E-state index in [1.165, 1.54) is 19.1 Å². The van der Waals surface area contributed by atoms with Crippen molar-refractivity contribution in [3.8, 4) is 0 Å². The first-order valence-corrected chi connectivity index (χ1v) is 7.14. The lowest BCUT2D eigenvalue weighted by molar-refractivity contribution is -0.114. The standard InChI is InChI=1S/C11H13N5O3S/c1-7-3-5-9(6-4-7)20(18,19)16-11-13-10(14-15-11)12-8(2)17/h3-6H,1-2H3,(H3,12,13,14,15,16,17). The number of benzene rings is 1. The summed E-state index contributed by atoms with van der Waals surface area (Å²) in [6.07, 6.45) is 0. The zero-order valence-electron chi connectivity index (χ0n) is 10.8. The number of aromatic amines is 1. The van der Waals surface area contributed by atoms with Crippen molar-refractivity contribution >= 4 is 27.8 Å². The number of nitrogens with one attached hydrogen (secondary N) is 3. The zero-order valence-corrected chi connectivity index (χ0v) is 11.7. The number of hydrogen-bond donors (Lipinski definition) is 3. The Hall–Kier alpha value is -2.42. The molecule has 0 radical (unpaired) electrons. The van der Waals surface area contributed by atoms with E-state index >= 15 is 0 Å². The molecule has 3 N–H and O–H groups in total. The maximum atomic E-state index is 12.1. The second-order valence-electron chi connectivity index (χ2n) is 4.11. The zero-order chi connectivity index (χ0) is 14.8. The number of sulfonamides is 1. The smallest absolute Gasteiger partial charge is 0.264 e. The molecule has 0 atom stereocenters. The van der Waals surface area contributed by atoms with Crippen LogP contribution in [-0.4, -0.2) is 29.5 Å². The number of aromatic nitrogens is 3. The van der Waals surface area contributed by atoms with E-state index in [1.54, 1.807) is 12.1 Å². The van der Waals surface area contributed by atoms with Crippen LogP contribution >= 0.6 is 0 Å². The van der Waals surface area contributed by atoms with Crippen LogP contribution in [0.3, 0.4) is 0 Å². The Morgan fingerprint density at radius 3 is 2.50 bits per heavy atom. The summed E-state index contributed by atoms with van der Waals surface area (Å²) < 4.78 is 26.3. The number of amides is 1. The van der Waals surface area contributed by atoms with Crippen LogP contribution in [0.5, 0.6) is 0 Å². The lowest BCUT2D eigenvalue weighted by Gasteiger charge is -2.04. The number of H-pyrrole nitrogens is 1.